The van der Waals surface area contributed by atoms with Gasteiger partial charge in [0.05, 0.1) is 36.6 Å². The monoisotopic (exact) mass is 568 g/mol. The first-order chi connectivity index (χ1) is 19.0. The summed E-state index contributed by atoms with van der Waals surface area (Å²) in [5, 5.41) is 9.30. The molecule has 2 aliphatic carbocycles. The first kappa shape index (κ1) is 30.9. The summed E-state index contributed by atoms with van der Waals surface area (Å²) in [5.74, 6) is -3.30. The van der Waals surface area contributed by atoms with Gasteiger partial charge in [-0.25, -0.2) is 18.3 Å². The van der Waals surface area contributed by atoms with Gasteiger partial charge in [-0.05, 0) is 36.6 Å². The van der Waals surface area contributed by atoms with Crippen LogP contribution in [0.4, 0.5) is 22.0 Å². The number of amides is 2. The van der Waals surface area contributed by atoms with Crippen molar-refractivity contribution in [3.05, 3.63) is 59.8 Å². The van der Waals surface area contributed by atoms with Crippen LogP contribution in [0, 0.1) is 0 Å². The molecule has 13 heteroatoms. The van der Waals surface area contributed by atoms with Crippen molar-refractivity contribution in [2.45, 2.75) is 89.4 Å². The number of nitrogens with one attached hydrogen (secondary N) is 2. The van der Waals surface area contributed by atoms with Crippen molar-refractivity contribution in [2.75, 3.05) is 0 Å². The Morgan fingerprint density at radius 2 is 1.68 bits per heavy atom. The van der Waals surface area contributed by atoms with Crippen LogP contribution in [0.3, 0.4) is 0 Å². The Kier molecular flexibility index (Phi) is 11.3. The lowest BCUT2D eigenvalue weighted by molar-refractivity contribution is -0.144. The summed E-state index contributed by atoms with van der Waals surface area (Å²) < 4.78 is 62.3. The third-order valence-electron chi connectivity index (χ3n) is 5.84. The minimum atomic E-state index is -4.36. The second-order valence-corrected chi connectivity index (χ2v) is 9.69. The van der Waals surface area contributed by atoms with Crippen molar-refractivity contribution in [2.24, 2.45) is 0 Å². The second kappa shape index (κ2) is 14.7. The molecule has 0 saturated heterocycles. The van der Waals surface area contributed by atoms with Crippen LogP contribution in [0.5, 0.6) is 0 Å². The molecule has 0 spiro atoms. The highest BCUT2D eigenvalue weighted by Crippen LogP contribution is 2.32. The van der Waals surface area contributed by atoms with Crippen molar-refractivity contribution in [3.63, 3.8) is 0 Å². The Balaban J connectivity index is 0.000000331. The highest BCUT2D eigenvalue weighted by molar-refractivity contribution is 5.93. The number of hydrogen-bond donors (Lipinski definition) is 2. The van der Waals surface area contributed by atoms with Gasteiger partial charge in [0.15, 0.2) is 5.65 Å². The molecular weight excluding hydrogens is 535 g/mol. The molecule has 3 heterocycles. The molecular formula is C27H33F5N6O2. The number of alkyl halides is 5. The van der Waals surface area contributed by atoms with E-state index in [9.17, 15) is 31.5 Å². The highest BCUT2D eigenvalue weighted by atomic mass is 19.4. The van der Waals surface area contributed by atoms with Crippen LogP contribution in [-0.2, 0) is 17.9 Å². The van der Waals surface area contributed by atoms with Crippen molar-refractivity contribution in [3.8, 4) is 0 Å². The fraction of sp³-hybridized carbons (Fsp3) is 0.519. The minimum absolute atomic E-state index is 0.0418. The molecule has 0 atom stereocenters. The zero-order valence-electron chi connectivity index (χ0n) is 22.0. The van der Waals surface area contributed by atoms with Gasteiger partial charge in [-0.2, -0.15) is 18.3 Å². The quantitative estimate of drug-likeness (QED) is 0.353. The summed E-state index contributed by atoms with van der Waals surface area (Å²) in [6.45, 7) is 0.223. The minimum Gasteiger partial charge on any atom is -0.352 e. The molecule has 0 aromatic carbocycles. The topological polar surface area (TPSA) is 101 Å². The first-order valence-corrected chi connectivity index (χ1v) is 13.2. The van der Waals surface area contributed by atoms with Gasteiger partial charge in [-0.3, -0.25) is 14.6 Å². The first-order valence-electron chi connectivity index (χ1n) is 13.2. The van der Waals surface area contributed by atoms with Gasteiger partial charge < -0.3 is 10.6 Å². The molecule has 0 aliphatic heterocycles. The maximum Gasteiger partial charge on any atom is 0.389 e. The van der Waals surface area contributed by atoms with Gasteiger partial charge in [-0.1, -0.05) is 25.7 Å². The molecule has 0 bridgehead atoms. The number of nitrogens with zero attached hydrogens (tertiary/aromatic N) is 4. The molecule has 2 aliphatic rings. The van der Waals surface area contributed by atoms with Crippen LogP contribution in [0.15, 0.2) is 43.0 Å². The maximum atomic E-state index is 12.2. The van der Waals surface area contributed by atoms with Crippen LogP contribution in [0.25, 0.3) is 5.65 Å². The van der Waals surface area contributed by atoms with E-state index in [1.807, 2.05) is 0 Å². The van der Waals surface area contributed by atoms with Crippen LogP contribution >= 0.6 is 0 Å². The molecule has 40 heavy (non-hydrogen) atoms. The Morgan fingerprint density at radius 3 is 2.25 bits per heavy atom. The van der Waals surface area contributed by atoms with E-state index in [2.05, 4.69) is 25.7 Å². The van der Waals surface area contributed by atoms with Gasteiger partial charge in [0.2, 0.25) is 11.8 Å². The summed E-state index contributed by atoms with van der Waals surface area (Å²) >= 11 is 0. The van der Waals surface area contributed by atoms with E-state index in [1.165, 1.54) is 36.2 Å². The highest BCUT2D eigenvalue weighted by Gasteiger charge is 2.30. The number of hydrogen-bond acceptors (Lipinski definition) is 5. The lowest BCUT2D eigenvalue weighted by Crippen LogP contribution is -2.24. The van der Waals surface area contributed by atoms with Gasteiger partial charge in [0.25, 0.3) is 5.91 Å². The number of fused-ring (bicyclic) bond motifs is 1. The molecule has 3 aromatic heterocycles. The fourth-order valence-corrected chi connectivity index (χ4v) is 3.53. The average molecular weight is 569 g/mol. The van der Waals surface area contributed by atoms with E-state index in [1.54, 1.807) is 30.6 Å². The number of pyridine rings is 1. The molecule has 5 rings (SSSR count). The molecule has 0 radical (unpaired) electrons. The second-order valence-electron chi connectivity index (χ2n) is 9.69. The summed E-state index contributed by atoms with van der Waals surface area (Å²) in [6.07, 6.45) is 7.16. The van der Waals surface area contributed by atoms with E-state index in [0.29, 0.717) is 35.3 Å². The molecule has 2 fully saturated rings. The lowest BCUT2D eigenvalue weighted by Gasteiger charge is -2.20. The van der Waals surface area contributed by atoms with Crippen molar-refractivity contribution >= 4 is 17.5 Å². The Bertz CT molecular complexity index is 1220. The molecule has 0 unspecified atom stereocenters. The molecule has 2 N–H and O–H groups in total. The van der Waals surface area contributed by atoms with Gasteiger partial charge in [0.1, 0.15) is 0 Å². The summed E-state index contributed by atoms with van der Waals surface area (Å²) in [5.41, 5.74) is 2.08. The van der Waals surface area contributed by atoms with E-state index < -0.39 is 30.8 Å². The van der Waals surface area contributed by atoms with Gasteiger partial charge >= 0.3 is 6.18 Å². The van der Waals surface area contributed by atoms with Crippen LogP contribution in [-0.4, -0.2) is 43.5 Å². The zero-order valence-corrected chi connectivity index (χ0v) is 22.0. The van der Waals surface area contributed by atoms with Gasteiger partial charge in [-0.15, -0.1) is 0 Å². The predicted molar refractivity (Wildman–Crippen MR) is 137 cm³/mol. The Morgan fingerprint density at radius 1 is 0.975 bits per heavy atom. The van der Waals surface area contributed by atoms with Crippen molar-refractivity contribution in [1.82, 2.24) is 30.2 Å². The SMILES string of the molecule is C1CC1.FC1(F)CCCCC1.O=C(CCC(F)(F)F)NCc1cnn2cc(CNC(=O)c3cccnc3)nc2c1. The number of imidazole rings is 1. The van der Waals surface area contributed by atoms with Crippen LogP contribution in [0.1, 0.15) is 85.8 Å². The largest absolute Gasteiger partial charge is 0.389 e. The zero-order chi connectivity index (χ0) is 29.0. The summed E-state index contributed by atoms with van der Waals surface area (Å²) in [7, 11) is 0. The van der Waals surface area contributed by atoms with Gasteiger partial charge in [0, 0.05) is 38.2 Å². The standard InChI is InChI=1S/C18H17F3N6O2.C6H10F2.C3H6/c19-18(20,21)4-3-16(28)23-7-12-6-15-26-14(11-27(15)25-8-12)10-24-17(29)13-2-1-5-22-9-13;7-6(8)4-2-1-3-5-6;1-2-3-1/h1-2,5-6,8-9,11H,3-4,7,10H2,(H,23,28)(H,24,29);1-5H2;1-3H2. The third kappa shape index (κ3) is 12.0. The summed E-state index contributed by atoms with van der Waals surface area (Å²) in [4.78, 5) is 31.8. The Labute approximate surface area is 228 Å². The van der Waals surface area contributed by atoms with Crippen LogP contribution < -0.4 is 10.6 Å². The number of carbonyl (C=O) groups excluding carboxylic acids is 2. The molecule has 2 amide bonds. The normalized spacial score (nSPS) is 15.6. The van der Waals surface area contributed by atoms with Crippen molar-refractivity contribution < 1.29 is 31.5 Å². The number of aromatic nitrogens is 4. The third-order valence-corrected chi connectivity index (χ3v) is 5.84. The predicted octanol–water partition coefficient (Wildman–Crippen LogP) is 5.77. The number of halogens is 5. The summed E-state index contributed by atoms with van der Waals surface area (Å²) in [6, 6.07) is 4.96. The lowest BCUT2D eigenvalue weighted by atomic mass is 9.97. The fourth-order valence-electron chi connectivity index (χ4n) is 3.53. The number of carbonyl (C=O) groups is 2. The molecule has 218 valence electrons. The van der Waals surface area contributed by atoms with Crippen LogP contribution in [0.2, 0.25) is 0 Å². The maximum absolute atomic E-state index is 12.2. The molecule has 3 aromatic rings. The molecule has 2 saturated carbocycles. The van der Waals surface area contributed by atoms with E-state index >= 15 is 0 Å². The molecule has 8 nitrogen and oxygen atoms in total. The Hall–Kier alpha value is -3.64. The average Bonchev–Trinajstić information content (AvgIpc) is 3.75. The smallest absolute Gasteiger partial charge is 0.352 e. The van der Waals surface area contributed by atoms with E-state index in [4.69, 9.17) is 0 Å². The van der Waals surface area contributed by atoms with Crippen molar-refractivity contribution in [1.29, 1.82) is 0 Å². The number of rotatable bonds is 7. The van der Waals surface area contributed by atoms with E-state index in [0.717, 1.165) is 6.42 Å². The van der Waals surface area contributed by atoms with E-state index in [-0.39, 0.29) is 31.8 Å².